The summed E-state index contributed by atoms with van der Waals surface area (Å²) >= 11 is 0. The molecule has 0 saturated heterocycles. The number of hydrogen-bond donors (Lipinski definition) is 0. The molecule has 4 aromatic rings. The van der Waals surface area contributed by atoms with Gasteiger partial charge in [-0.25, -0.2) is 4.79 Å². The Morgan fingerprint density at radius 1 is 0.611 bits per heavy atom. The van der Waals surface area contributed by atoms with Gasteiger partial charge in [0.05, 0.1) is 7.11 Å². The van der Waals surface area contributed by atoms with E-state index >= 15 is 0 Å². The first-order valence-corrected chi connectivity index (χ1v) is 13.8. The lowest BCUT2D eigenvalue weighted by atomic mass is 9.86. The maximum Gasteiger partial charge on any atom is 0.342 e. The van der Waals surface area contributed by atoms with Gasteiger partial charge in [0.2, 0.25) is 5.78 Å². The van der Waals surface area contributed by atoms with Gasteiger partial charge in [-0.2, -0.15) is 0 Å². The topological polar surface area (TPSA) is 43.4 Å². The molecule has 0 bridgehead atoms. The van der Waals surface area contributed by atoms with Crippen LogP contribution in [0, 0.1) is 0 Å². The number of rotatable bonds is 6. The van der Waals surface area contributed by atoms with Crippen molar-refractivity contribution in [1.29, 1.82) is 0 Å². The molecule has 0 N–H and O–H groups in total. The Balaban J connectivity index is 2.17. The fraction of sp³-hybridized carbons (Fsp3) is 0.156. The van der Waals surface area contributed by atoms with Gasteiger partial charge in [0.15, 0.2) is 0 Å². The summed E-state index contributed by atoms with van der Waals surface area (Å²) in [4.78, 5) is 28.0. The minimum absolute atomic E-state index is 0.0503. The van der Waals surface area contributed by atoms with E-state index in [1.165, 1.54) is 7.11 Å². The minimum atomic E-state index is -2.91. The van der Waals surface area contributed by atoms with E-state index in [4.69, 9.17) is 4.74 Å². The van der Waals surface area contributed by atoms with Gasteiger partial charge < -0.3 is 4.74 Å². The van der Waals surface area contributed by atoms with Crippen LogP contribution in [0.15, 0.2) is 115 Å². The Hall–Kier alpha value is -3.68. The fourth-order valence-electron chi connectivity index (χ4n) is 4.53. The van der Waals surface area contributed by atoms with Crippen molar-refractivity contribution in [2.75, 3.05) is 7.11 Å². The third kappa shape index (κ3) is 4.72. The minimum Gasteiger partial charge on any atom is -0.465 e. The number of Topliss-reactive ketones (excluding diaryl/α,β-unsaturated/α-hetero) is 1. The van der Waals surface area contributed by atoms with Gasteiger partial charge in [-0.1, -0.05) is 136 Å². The molecule has 0 saturated carbocycles. The van der Waals surface area contributed by atoms with Crippen molar-refractivity contribution in [3.8, 4) is 0 Å². The van der Waals surface area contributed by atoms with Gasteiger partial charge in [0.25, 0.3) is 0 Å². The van der Waals surface area contributed by atoms with E-state index in [-0.39, 0.29) is 16.5 Å². The number of methoxy groups -OCH3 is 1. The van der Waals surface area contributed by atoms with E-state index in [9.17, 15) is 9.59 Å². The van der Waals surface area contributed by atoms with Gasteiger partial charge in [-0.15, -0.1) is 0 Å². The van der Waals surface area contributed by atoms with E-state index in [0.29, 0.717) is 5.56 Å². The van der Waals surface area contributed by atoms with Crippen LogP contribution in [0.1, 0.15) is 36.7 Å². The number of hydrogen-bond acceptors (Lipinski definition) is 3. The van der Waals surface area contributed by atoms with Crippen molar-refractivity contribution >= 4 is 39.8 Å². The molecule has 0 radical (unpaired) electrons. The normalized spacial score (nSPS) is 11.6. The monoisotopic (exact) mass is 494 g/mol. The van der Waals surface area contributed by atoms with Crippen molar-refractivity contribution in [2.45, 2.75) is 26.2 Å². The first-order valence-electron chi connectivity index (χ1n) is 12.0. The summed E-state index contributed by atoms with van der Waals surface area (Å²) in [6.45, 7) is 3.49. The Morgan fingerprint density at radius 2 is 1.00 bits per heavy atom. The van der Waals surface area contributed by atoms with Crippen molar-refractivity contribution in [1.82, 2.24) is 0 Å². The zero-order valence-electron chi connectivity index (χ0n) is 21.1. The summed E-state index contributed by atoms with van der Waals surface area (Å²) < 4.78 is 5.33. The van der Waals surface area contributed by atoms with E-state index in [1.807, 2.05) is 115 Å². The van der Waals surface area contributed by atoms with Gasteiger partial charge in [0, 0.05) is 5.56 Å². The van der Waals surface area contributed by atoms with E-state index in [2.05, 4.69) is 20.8 Å². The molecule has 182 valence electrons. The van der Waals surface area contributed by atoms with Crippen LogP contribution in [0.25, 0.3) is 0 Å². The van der Waals surface area contributed by atoms with Crippen LogP contribution in [0.3, 0.4) is 0 Å². The van der Waals surface area contributed by atoms with Crippen molar-refractivity contribution in [3.63, 3.8) is 0 Å². The highest BCUT2D eigenvalue weighted by Gasteiger charge is 2.37. The third-order valence-corrected chi connectivity index (χ3v) is 10.6. The molecule has 0 aliphatic heterocycles. The SMILES string of the molecule is COC(=O)C(C(=O)c1ccc(C(C)(C)C)cc1)=P(c1ccccc1)(c1ccccc1)c1ccccc1. The average Bonchev–Trinajstić information content (AvgIpc) is 2.92. The summed E-state index contributed by atoms with van der Waals surface area (Å²) in [5.74, 6) is -0.919. The highest BCUT2D eigenvalue weighted by molar-refractivity contribution is 7.97. The van der Waals surface area contributed by atoms with Crippen molar-refractivity contribution in [2.24, 2.45) is 0 Å². The summed E-state index contributed by atoms with van der Waals surface area (Å²) in [5, 5.41) is 2.92. The molecule has 0 spiro atoms. The van der Waals surface area contributed by atoms with Crippen LogP contribution >= 0.6 is 6.89 Å². The molecule has 0 aliphatic rings. The number of ether oxygens (including phenoxy) is 1. The second-order valence-electron chi connectivity index (χ2n) is 9.67. The van der Waals surface area contributed by atoms with Crippen molar-refractivity contribution in [3.05, 3.63) is 126 Å². The van der Waals surface area contributed by atoms with Crippen LogP contribution in [-0.4, -0.2) is 24.2 Å². The summed E-state index contributed by atoms with van der Waals surface area (Å²) in [6, 6.07) is 37.2. The van der Waals surface area contributed by atoms with Gasteiger partial charge >= 0.3 is 5.97 Å². The lowest BCUT2D eigenvalue weighted by Gasteiger charge is -2.31. The van der Waals surface area contributed by atoms with Gasteiger partial charge in [-0.3, -0.25) is 4.79 Å². The number of carbonyl (C=O) groups excluding carboxylic acids is 2. The first-order chi connectivity index (χ1) is 17.3. The standard InChI is InChI=1S/C32H31O3P/c1-32(2,3)25-22-20-24(21-23-25)29(33)30(31(34)35-4)36(26-14-8-5-9-15-26,27-16-10-6-11-17-27)28-18-12-7-13-19-28/h5-23H,1-4H3. The molecular weight excluding hydrogens is 463 g/mol. The quantitative estimate of drug-likeness (QED) is 0.154. The summed E-state index contributed by atoms with van der Waals surface area (Å²) in [7, 11) is 1.34. The van der Waals surface area contributed by atoms with Crippen LogP contribution < -0.4 is 15.9 Å². The van der Waals surface area contributed by atoms with E-state index in [1.54, 1.807) is 0 Å². The molecule has 0 aromatic heterocycles. The first kappa shape index (κ1) is 25.4. The largest absolute Gasteiger partial charge is 0.465 e. The Morgan fingerprint density at radius 3 is 1.33 bits per heavy atom. The maximum absolute atomic E-state index is 14.4. The summed E-state index contributed by atoms with van der Waals surface area (Å²) in [5.41, 5.74) is 1.54. The zero-order chi connectivity index (χ0) is 25.8. The second-order valence-corrected chi connectivity index (χ2v) is 13.0. The molecule has 4 rings (SSSR count). The molecule has 0 aliphatic carbocycles. The van der Waals surface area contributed by atoms with Crippen LogP contribution in [-0.2, 0) is 14.9 Å². The molecule has 4 heteroatoms. The number of benzene rings is 4. The van der Waals surface area contributed by atoms with Gasteiger partial charge in [0.1, 0.15) is 5.29 Å². The second kappa shape index (κ2) is 10.5. The average molecular weight is 495 g/mol. The smallest absolute Gasteiger partial charge is 0.342 e. The molecule has 0 unspecified atom stereocenters. The highest BCUT2D eigenvalue weighted by Crippen LogP contribution is 2.47. The molecule has 3 nitrogen and oxygen atoms in total. The Labute approximate surface area is 213 Å². The summed E-state index contributed by atoms with van der Waals surface area (Å²) in [6.07, 6.45) is 0. The number of carbonyl (C=O) groups is 2. The van der Waals surface area contributed by atoms with Crippen LogP contribution in [0.4, 0.5) is 0 Å². The Kier molecular flexibility index (Phi) is 7.43. The van der Waals surface area contributed by atoms with Crippen LogP contribution in [0.2, 0.25) is 0 Å². The molecule has 36 heavy (non-hydrogen) atoms. The van der Waals surface area contributed by atoms with Crippen molar-refractivity contribution < 1.29 is 14.3 Å². The number of ketones is 1. The van der Waals surface area contributed by atoms with Gasteiger partial charge in [-0.05, 0) is 33.8 Å². The fourth-order valence-corrected chi connectivity index (χ4v) is 8.85. The molecule has 0 atom stereocenters. The predicted molar refractivity (Wildman–Crippen MR) is 152 cm³/mol. The lowest BCUT2D eigenvalue weighted by molar-refractivity contribution is -0.132. The molecular formula is C32H31O3P. The Bertz CT molecular complexity index is 1300. The molecule has 0 fully saturated rings. The predicted octanol–water partition coefficient (Wildman–Crippen LogP) is 5.51. The number of esters is 1. The van der Waals surface area contributed by atoms with E-state index < -0.39 is 12.9 Å². The molecule has 0 amide bonds. The lowest BCUT2D eigenvalue weighted by Crippen LogP contribution is -2.38. The highest BCUT2D eigenvalue weighted by atomic mass is 31.2. The molecule has 0 heterocycles. The van der Waals surface area contributed by atoms with Crippen LogP contribution in [0.5, 0.6) is 0 Å². The zero-order valence-corrected chi connectivity index (χ0v) is 22.0. The van der Waals surface area contributed by atoms with E-state index in [0.717, 1.165) is 21.5 Å². The molecule has 4 aromatic carbocycles. The third-order valence-electron chi connectivity index (χ3n) is 6.37. The maximum atomic E-state index is 14.4.